The van der Waals surface area contributed by atoms with Crippen LogP contribution in [0.5, 0.6) is 0 Å². The van der Waals surface area contributed by atoms with Crippen LogP contribution in [0.4, 0.5) is 0 Å². The van der Waals surface area contributed by atoms with E-state index < -0.39 is 0 Å². The Morgan fingerprint density at radius 1 is 1.10 bits per heavy atom. The molecule has 0 atom stereocenters. The van der Waals surface area contributed by atoms with Gasteiger partial charge in [-0.15, -0.1) is 15.0 Å². The van der Waals surface area contributed by atoms with Crippen LogP contribution >= 0.6 is 0 Å². The highest BCUT2D eigenvalue weighted by atomic mass is 16.1. The summed E-state index contributed by atoms with van der Waals surface area (Å²) >= 11 is 0. The van der Waals surface area contributed by atoms with Gasteiger partial charge in [-0.1, -0.05) is 42.5 Å². The predicted octanol–water partition coefficient (Wildman–Crippen LogP) is 2.45. The number of rotatable bonds is 3. The smallest absolute Gasteiger partial charge is 0.205 e. The number of aldehydes is 1. The molecule has 0 unspecified atom stereocenters. The molecular formula is C15H12N4O. The van der Waals surface area contributed by atoms with E-state index in [0.29, 0.717) is 11.4 Å². The Labute approximate surface area is 115 Å². The lowest BCUT2D eigenvalue weighted by Gasteiger charge is -2.03. The third-order valence-electron chi connectivity index (χ3n) is 3.03. The van der Waals surface area contributed by atoms with Crippen molar-refractivity contribution in [2.24, 2.45) is 0 Å². The molecule has 3 rings (SSSR count). The van der Waals surface area contributed by atoms with Crippen LogP contribution in [0.3, 0.4) is 0 Å². The molecule has 0 aliphatic carbocycles. The molecule has 0 fully saturated rings. The molecular weight excluding hydrogens is 252 g/mol. The quantitative estimate of drug-likeness (QED) is 0.682. The van der Waals surface area contributed by atoms with Crippen molar-refractivity contribution in [2.45, 2.75) is 6.92 Å². The molecule has 0 saturated carbocycles. The molecule has 98 valence electrons. The van der Waals surface area contributed by atoms with E-state index >= 15 is 0 Å². The summed E-state index contributed by atoms with van der Waals surface area (Å²) in [7, 11) is 0. The number of aromatic nitrogens is 4. The summed E-state index contributed by atoms with van der Waals surface area (Å²) in [5.74, 6) is 0.557. The number of nitrogens with zero attached hydrogens (tertiary/aromatic N) is 4. The normalized spacial score (nSPS) is 10.4. The Bertz CT molecular complexity index is 750. The minimum absolute atomic E-state index is 0.557. The minimum Gasteiger partial charge on any atom is -0.298 e. The Balaban J connectivity index is 2.04. The second-order valence-corrected chi connectivity index (χ2v) is 4.43. The molecule has 2 aromatic carbocycles. The predicted molar refractivity (Wildman–Crippen MR) is 74.7 cm³/mol. The molecule has 0 amide bonds. The third kappa shape index (κ3) is 2.21. The highest BCUT2D eigenvalue weighted by Gasteiger charge is 2.09. The zero-order valence-corrected chi connectivity index (χ0v) is 10.9. The number of carbonyl (C=O) groups is 1. The summed E-state index contributed by atoms with van der Waals surface area (Å²) in [6, 6.07) is 15.0. The first-order valence-corrected chi connectivity index (χ1v) is 6.19. The van der Waals surface area contributed by atoms with Crippen LogP contribution in [-0.4, -0.2) is 26.5 Å². The third-order valence-corrected chi connectivity index (χ3v) is 3.03. The van der Waals surface area contributed by atoms with Crippen molar-refractivity contribution in [1.29, 1.82) is 0 Å². The molecule has 0 aliphatic heterocycles. The van der Waals surface area contributed by atoms with Crippen LogP contribution in [0.2, 0.25) is 0 Å². The van der Waals surface area contributed by atoms with E-state index in [0.717, 1.165) is 23.1 Å². The van der Waals surface area contributed by atoms with Crippen LogP contribution < -0.4 is 0 Å². The summed E-state index contributed by atoms with van der Waals surface area (Å²) in [5.41, 5.74) is 3.23. The van der Waals surface area contributed by atoms with Crippen molar-refractivity contribution < 1.29 is 4.79 Å². The molecule has 0 aliphatic rings. The van der Waals surface area contributed by atoms with E-state index in [2.05, 4.69) is 15.4 Å². The van der Waals surface area contributed by atoms with Crippen molar-refractivity contribution >= 4 is 6.29 Å². The van der Waals surface area contributed by atoms with E-state index in [1.54, 1.807) is 12.1 Å². The van der Waals surface area contributed by atoms with Crippen LogP contribution in [0.15, 0.2) is 48.5 Å². The Morgan fingerprint density at radius 2 is 1.90 bits per heavy atom. The zero-order chi connectivity index (χ0) is 13.9. The van der Waals surface area contributed by atoms with Crippen LogP contribution in [0.1, 0.15) is 15.9 Å². The summed E-state index contributed by atoms with van der Waals surface area (Å²) in [6.45, 7) is 1.94. The molecule has 0 radical (unpaired) electrons. The SMILES string of the molecule is Cc1ccc(C=O)cc1-n1nnc(-c2ccccc2)n1. The first-order chi connectivity index (χ1) is 9.78. The fourth-order valence-corrected chi connectivity index (χ4v) is 1.93. The number of hydrogen-bond acceptors (Lipinski definition) is 4. The molecule has 1 heterocycles. The molecule has 0 N–H and O–H groups in total. The standard InChI is InChI=1S/C15H12N4O/c1-11-7-8-12(10-20)9-14(11)19-17-15(16-18-19)13-5-3-2-4-6-13/h2-10H,1H3. The number of hydrogen-bond donors (Lipinski definition) is 0. The number of tetrazole rings is 1. The van der Waals surface area contributed by atoms with Crippen molar-refractivity contribution in [1.82, 2.24) is 20.2 Å². The number of carbonyl (C=O) groups excluding carboxylic acids is 1. The second-order valence-electron chi connectivity index (χ2n) is 4.43. The summed E-state index contributed by atoms with van der Waals surface area (Å²) < 4.78 is 0. The van der Waals surface area contributed by atoms with Gasteiger partial charge in [-0.05, 0) is 23.8 Å². The fourth-order valence-electron chi connectivity index (χ4n) is 1.93. The van der Waals surface area contributed by atoms with Gasteiger partial charge < -0.3 is 0 Å². The topological polar surface area (TPSA) is 60.7 Å². The van der Waals surface area contributed by atoms with Crippen molar-refractivity contribution in [3.05, 3.63) is 59.7 Å². The molecule has 1 aromatic heterocycles. The zero-order valence-electron chi connectivity index (χ0n) is 10.9. The summed E-state index contributed by atoms with van der Waals surface area (Å²) in [6.07, 6.45) is 0.804. The fraction of sp³-hybridized carbons (Fsp3) is 0.0667. The van der Waals surface area contributed by atoms with E-state index in [9.17, 15) is 4.79 Å². The Morgan fingerprint density at radius 3 is 2.65 bits per heavy atom. The van der Waals surface area contributed by atoms with Gasteiger partial charge in [0.2, 0.25) is 5.82 Å². The number of benzene rings is 2. The highest BCUT2D eigenvalue weighted by molar-refractivity contribution is 5.76. The average molecular weight is 264 g/mol. The first kappa shape index (κ1) is 12.2. The van der Waals surface area contributed by atoms with Crippen molar-refractivity contribution in [3.63, 3.8) is 0 Å². The maximum Gasteiger partial charge on any atom is 0.205 e. The van der Waals surface area contributed by atoms with Gasteiger partial charge in [0.05, 0.1) is 5.69 Å². The molecule has 5 nitrogen and oxygen atoms in total. The first-order valence-electron chi connectivity index (χ1n) is 6.19. The second kappa shape index (κ2) is 5.05. The lowest BCUT2D eigenvalue weighted by Crippen LogP contribution is -2.02. The van der Waals surface area contributed by atoms with Gasteiger partial charge in [-0.2, -0.15) is 0 Å². The van der Waals surface area contributed by atoms with Gasteiger partial charge in [0.1, 0.15) is 6.29 Å². The Kier molecular flexibility index (Phi) is 3.09. The van der Waals surface area contributed by atoms with Crippen LogP contribution in [0, 0.1) is 6.92 Å². The average Bonchev–Trinajstić information content (AvgIpc) is 2.98. The summed E-state index contributed by atoms with van der Waals surface area (Å²) in [4.78, 5) is 12.3. The van der Waals surface area contributed by atoms with Crippen LogP contribution in [-0.2, 0) is 0 Å². The van der Waals surface area contributed by atoms with Gasteiger partial charge in [-0.3, -0.25) is 4.79 Å². The van der Waals surface area contributed by atoms with Crippen molar-refractivity contribution in [2.75, 3.05) is 0 Å². The van der Waals surface area contributed by atoms with Crippen molar-refractivity contribution in [3.8, 4) is 17.1 Å². The number of aryl methyl sites for hydroxylation is 1. The lowest BCUT2D eigenvalue weighted by atomic mass is 10.1. The molecule has 20 heavy (non-hydrogen) atoms. The van der Waals surface area contributed by atoms with E-state index in [1.807, 2.05) is 43.3 Å². The van der Waals surface area contributed by atoms with Gasteiger partial charge in [0, 0.05) is 11.1 Å². The van der Waals surface area contributed by atoms with Gasteiger partial charge >= 0.3 is 0 Å². The van der Waals surface area contributed by atoms with Gasteiger partial charge in [0.25, 0.3) is 0 Å². The largest absolute Gasteiger partial charge is 0.298 e. The maximum atomic E-state index is 10.9. The monoisotopic (exact) mass is 264 g/mol. The minimum atomic E-state index is 0.557. The molecule has 3 aromatic rings. The van der Waals surface area contributed by atoms with Gasteiger partial charge in [0.15, 0.2) is 0 Å². The van der Waals surface area contributed by atoms with E-state index in [4.69, 9.17) is 0 Å². The van der Waals surface area contributed by atoms with Crippen LogP contribution in [0.25, 0.3) is 17.1 Å². The highest BCUT2D eigenvalue weighted by Crippen LogP contribution is 2.16. The molecule has 0 spiro atoms. The Hall–Kier alpha value is -2.82. The van der Waals surface area contributed by atoms with Gasteiger partial charge in [-0.25, -0.2) is 0 Å². The van der Waals surface area contributed by atoms with E-state index in [1.165, 1.54) is 4.80 Å². The molecule has 0 bridgehead atoms. The molecule has 5 heteroatoms. The summed E-state index contributed by atoms with van der Waals surface area (Å²) in [5, 5.41) is 12.5. The lowest BCUT2D eigenvalue weighted by molar-refractivity contribution is 0.112. The maximum absolute atomic E-state index is 10.9. The van der Waals surface area contributed by atoms with E-state index in [-0.39, 0.29) is 0 Å². The molecule has 0 saturated heterocycles.